The fourth-order valence-corrected chi connectivity index (χ4v) is 2.87. The van der Waals surface area contributed by atoms with Gasteiger partial charge >= 0.3 is 0 Å². The van der Waals surface area contributed by atoms with Crippen LogP contribution in [0, 0.1) is 0 Å². The van der Waals surface area contributed by atoms with Gasteiger partial charge in [0, 0.05) is 7.05 Å². The van der Waals surface area contributed by atoms with Crippen LogP contribution >= 0.6 is 15.9 Å². The highest BCUT2D eigenvalue weighted by Gasteiger charge is 2.40. The second-order valence-corrected chi connectivity index (χ2v) is 5.21. The fourth-order valence-electron chi connectivity index (χ4n) is 2.32. The molecule has 1 fully saturated rings. The van der Waals surface area contributed by atoms with E-state index in [2.05, 4.69) is 26.2 Å². The molecule has 5 nitrogen and oxygen atoms in total. The van der Waals surface area contributed by atoms with E-state index >= 15 is 0 Å². The molecule has 6 heteroatoms. The summed E-state index contributed by atoms with van der Waals surface area (Å²) in [5, 5.41) is 28.3. The Labute approximate surface area is 103 Å². The van der Waals surface area contributed by atoms with Gasteiger partial charge in [-0.3, -0.25) is 0 Å². The van der Waals surface area contributed by atoms with Gasteiger partial charge < -0.3 is 10.2 Å². The van der Waals surface area contributed by atoms with Crippen LogP contribution in [0.25, 0.3) is 0 Å². The Hall–Kier alpha value is -0.460. The van der Waals surface area contributed by atoms with Crippen molar-refractivity contribution in [2.24, 2.45) is 7.05 Å². The number of aliphatic hydroxyl groups excluding tert-OH is 1. The van der Waals surface area contributed by atoms with E-state index in [-0.39, 0.29) is 0 Å². The minimum Gasteiger partial charge on any atom is -0.387 e. The summed E-state index contributed by atoms with van der Waals surface area (Å²) in [4.78, 5) is 0. The standard InChI is InChI=1S/C10H16BrN3O2/c1-14-7(9(11)12-13-14)8(15)10(16)5-3-2-4-6-10/h8,15-16H,2-6H2,1H3. The molecule has 1 atom stereocenters. The molecule has 1 saturated carbocycles. The zero-order valence-corrected chi connectivity index (χ0v) is 10.8. The van der Waals surface area contributed by atoms with Crippen LogP contribution < -0.4 is 0 Å². The van der Waals surface area contributed by atoms with Crippen LogP contribution in [0.5, 0.6) is 0 Å². The van der Waals surface area contributed by atoms with Crippen molar-refractivity contribution in [3.63, 3.8) is 0 Å². The molecular weight excluding hydrogens is 274 g/mol. The third-order valence-electron chi connectivity index (χ3n) is 3.31. The summed E-state index contributed by atoms with van der Waals surface area (Å²) in [6.07, 6.45) is 3.37. The first-order chi connectivity index (χ1) is 7.54. The average Bonchev–Trinajstić information content (AvgIpc) is 2.59. The summed E-state index contributed by atoms with van der Waals surface area (Å²) in [5.74, 6) is 0. The van der Waals surface area contributed by atoms with E-state index in [4.69, 9.17) is 0 Å². The molecule has 1 aromatic rings. The lowest BCUT2D eigenvalue weighted by Crippen LogP contribution is -2.39. The smallest absolute Gasteiger partial charge is 0.154 e. The van der Waals surface area contributed by atoms with Gasteiger partial charge in [0.05, 0.1) is 5.60 Å². The van der Waals surface area contributed by atoms with E-state index in [1.807, 2.05) is 0 Å². The van der Waals surface area contributed by atoms with Crippen molar-refractivity contribution in [3.8, 4) is 0 Å². The predicted octanol–water partition coefficient (Wildman–Crippen LogP) is 1.31. The van der Waals surface area contributed by atoms with Gasteiger partial charge in [-0.25, -0.2) is 4.68 Å². The number of hydrogen-bond donors (Lipinski definition) is 2. The Bertz CT molecular complexity index is 355. The number of aliphatic hydroxyl groups is 2. The predicted molar refractivity (Wildman–Crippen MR) is 61.7 cm³/mol. The number of nitrogens with zero attached hydrogens (tertiary/aromatic N) is 3. The van der Waals surface area contributed by atoms with Crippen LogP contribution in [0.1, 0.15) is 43.9 Å². The summed E-state index contributed by atoms with van der Waals surface area (Å²) in [6, 6.07) is 0. The first-order valence-corrected chi connectivity index (χ1v) is 6.29. The monoisotopic (exact) mass is 289 g/mol. The van der Waals surface area contributed by atoms with Crippen molar-refractivity contribution in [1.82, 2.24) is 15.0 Å². The van der Waals surface area contributed by atoms with Crippen molar-refractivity contribution in [1.29, 1.82) is 0 Å². The quantitative estimate of drug-likeness (QED) is 0.861. The minimum atomic E-state index is -1.03. The minimum absolute atomic E-state index is 0.501. The topological polar surface area (TPSA) is 71.2 Å². The highest BCUT2D eigenvalue weighted by atomic mass is 79.9. The molecule has 1 aliphatic rings. The van der Waals surface area contributed by atoms with Crippen molar-refractivity contribution in [2.75, 3.05) is 0 Å². The van der Waals surface area contributed by atoms with Gasteiger partial charge in [0.2, 0.25) is 0 Å². The lowest BCUT2D eigenvalue weighted by molar-refractivity contribution is -0.102. The molecule has 1 heterocycles. The molecule has 0 aliphatic heterocycles. The van der Waals surface area contributed by atoms with Crippen molar-refractivity contribution in [2.45, 2.75) is 43.8 Å². The molecular formula is C10H16BrN3O2. The van der Waals surface area contributed by atoms with Gasteiger partial charge in [-0.2, -0.15) is 0 Å². The first-order valence-electron chi connectivity index (χ1n) is 5.50. The molecule has 0 amide bonds. The molecule has 2 rings (SSSR count). The van der Waals surface area contributed by atoms with E-state index < -0.39 is 11.7 Å². The lowest BCUT2D eigenvalue weighted by atomic mass is 9.80. The Morgan fingerprint density at radius 2 is 2.00 bits per heavy atom. The molecule has 0 radical (unpaired) electrons. The van der Waals surface area contributed by atoms with Gasteiger partial charge in [-0.15, -0.1) is 5.10 Å². The van der Waals surface area contributed by atoms with Crippen LogP contribution in [-0.2, 0) is 7.05 Å². The molecule has 1 aromatic heterocycles. The average molecular weight is 290 g/mol. The molecule has 16 heavy (non-hydrogen) atoms. The van der Waals surface area contributed by atoms with Crippen LogP contribution in [0.4, 0.5) is 0 Å². The first kappa shape index (κ1) is 12.0. The molecule has 2 N–H and O–H groups in total. The second kappa shape index (κ2) is 4.43. The van der Waals surface area contributed by atoms with E-state index in [0.29, 0.717) is 23.1 Å². The largest absolute Gasteiger partial charge is 0.387 e. The van der Waals surface area contributed by atoms with Gasteiger partial charge in [0.15, 0.2) is 4.60 Å². The van der Waals surface area contributed by atoms with Crippen LogP contribution in [-0.4, -0.2) is 30.8 Å². The van der Waals surface area contributed by atoms with Gasteiger partial charge in [-0.1, -0.05) is 24.5 Å². The van der Waals surface area contributed by atoms with Crippen LogP contribution in [0.2, 0.25) is 0 Å². The van der Waals surface area contributed by atoms with Crippen molar-refractivity contribution in [3.05, 3.63) is 10.3 Å². The summed E-state index contributed by atoms with van der Waals surface area (Å²) in [5.41, 5.74) is -0.486. The van der Waals surface area contributed by atoms with E-state index in [1.165, 1.54) is 4.68 Å². The Balaban J connectivity index is 2.27. The lowest BCUT2D eigenvalue weighted by Gasteiger charge is -2.36. The van der Waals surface area contributed by atoms with E-state index in [1.54, 1.807) is 7.05 Å². The zero-order chi connectivity index (χ0) is 11.8. The maximum Gasteiger partial charge on any atom is 0.154 e. The SMILES string of the molecule is Cn1nnc(Br)c1C(O)C1(O)CCCCC1. The number of halogens is 1. The molecule has 0 saturated heterocycles. The molecule has 1 unspecified atom stereocenters. The van der Waals surface area contributed by atoms with Crippen molar-refractivity contribution >= 4 is 15.9 Å². The molecule has 0 aromatic carbocycles. The summed E-state index contributed by atoms with van der Waals surface area (Å²) >= 11 is 3.24. The molecule has 90 valence electrons. The van der Waals surface area contributed by atoms with Crippen LogP contribution in [0.15, 0.2) is 4.60 Å². The van der Waals surface area contributed by atoms with E-state index in [9.17, 15) is 10.2 Å². The Morgan fingerprint density at radius 1 is 1.38 bits per heavy atom. The highest BCUT2D eigenvalue weighted by Crippen LogP contribution is 2.39. The van der Waals surface area contributed by atoms with Crippen molar-refractivity contribution < 1.29 is 10.2 Å². The molecule has 0 spiro atoms. The highest BCUT2D eigenvalue weighted by molar-refractivity contribution is 9.10. The summed E-state index contributed by atoms with van der Waals surface area (Å²) in [7, 11) is 1.71. The van der Waals surface area contributed by atoms with Gasteiger partial charge in [0.1, 0.15) is 11.8 Å². The number of aryl methyl sites for hydroxylation is 1. The van der Waals surface area contributed by atoms with E-state index in [0.717, 1.165) is 19.3 Å². The van der Waals surface area contributed by atoms with Gasteiger partial charge in [0.25, 0.3) is 0 Å². The normalized spacial score (nSPS) is 22.0. The molecule has 0 bridgehead atoms. The summed E-state index contributed by atoms with van der Waals surface area (Å²) < 4.78 is 2.00. The summed E-state index contributed by atoms with van der Waals surface area (Å²) in [6.45, 7) is 0. The fraction of sp³-hybridized carbons (Fsp3) is 0.800. The third kappa shape index (κ3) is 2.01. The zero-order valence-electron chi connectivity index (χ0n) is 9.23. The molecule has 1 aliphatic carbocycles. The Kier molecular flexibility index (Phi) is 3.32. The number of aromatic nitrogens is 3. The Morgan fingerprint density at radius 3 is 2.50 bits per heavy atom. The maximum atomic E-state index is 10.4. The second-order valence-electron chi connectivity index (χ2n) is 4.46. The van der Waals surface area contributed by atoms with Gasteiger partial charge in [-0.05, 0) is 28.8 Å². The third-order valence-corrected chi connectivity index (χ3v) is 3.88. The number of rotatable bonds is 2. The number of hydrogen-bond acceptors (Lipinski definition) is 4. The van der Waals surface area contributed by atoms with Crippen LogP contribution in [0.3, 0.4) is 0 Å². The maximum absolute atomic E-state index is 10.4.